The van der Waals surface area contributed by atoms with Gasteiger partial charge in [0.2, 0.25) is 5.91 Å². The number of aliphatic carboxylic acids is 1. The minimum Gasteiger partial charge on any atom is -0.481 e. The number of carbonyl (C=O) groups excluding carboxylic acids is 3. The van der Waals surface area contributed by atoms with E-state index in [1.165, 1.54) is 12.5 Å². The minimum atomic E-state index is -1.18. The molecule has 0 radical (unpaired) electrons. The Hall–Kier alpha value is -3.11. The number of ketones is 1. The molecule has 4 saturated carbocycles. The fraction of sp³-hybridized carbons (Fsp3) is 0.766. The maximum Gasteiger partial charge on any atom is 0.309 e. The van der Waals surface area contributed by atoms with Crippen molar-refractivity contribution in [2.45, 2.75) is 152 Å². The number of nitrogens with zero attached hydrogens (tertiary/aromatic N) is 2. The summed E-state index contributed by atoms with van der Waals surface area (Å²) in [4.78, 5) is 57.5. The number of hydrogen-bond acceptors (Lipinski definition) is 8. The number of nitrogens with one attached hydrogen (secondary N) is 1. The van der Waals surface area contributed by atoms with E-state index in [0.29, 0.717) is 44.4 Å². The Balaban J connectivity index is 1.28. The molecule has 0 spiro atoms. The van der Waals surface area contributed by atoms with Crippen molar-refractivity contribution in [1.29, 1.82) is 0 Å². The lowest BCUT2D eigenvalue weighted by Gasteiger charge is -2.72. The number of amides is 1. The smallest absolute Gasteiger partial charge is 0.309 e. The average molecular weight is 790 g/mol. The predicted octanol–water partition coefficient (Wildman–Crippen LogP) is 7.77. The third-order valence-electron chi connectivity index (χ3n) is 16.9. The fourth-order valence-electron chi connectivity index (χ4n) is 13.7. The Bertz CT molecular complexity index is 1760. The molecule has 3 N–H and O–H groups in total. The van der Waals surface area contributed by atoms with Crippen LogP contribution in [0.25, 0.3) is 0 Å². The summed E-state index contributed by atoms with van der Waals surface area (Å²) in [6.45, 7) is 23.1. The molecule has 0 aliphatic heterocycles. The zero-order valence-corrected chi connectivity index (χ0v) is 36.5. The molecule has 2 unspecified atom stereocenters. The van der Waals surface area contributed by atoms with Crippen LogP contribution in [0.3, 0.4) is 0 Å². The molecule has 6 rings (SSSR count). The van der Waals surface area contributed by atoms with Gasteiger partial charge in [-0.25, -0.2) is 0 Å². The molecular weight excluding hydrogens is 719 g/mol. The van der Waals surface area contributed by atoms with E-state index in [9.17, 15) is 29.4 Å². The van der Waals surface area contributed by atoms with Crippen LogP contribution in [-0.4, -0.2) is 75.6 Å². The van der Waals surface area contributed by atoms with Crippen molar-refractivity contribution in [3.05, 3.63) is 41.2 Å². The molecule has 1 aromatic rings. The molecule has 4 fully saturated rings. The van der Waals surface area contributed by atoms with Crippen LogP contribution >= 0.6 is 0 Å². The first-order chi connectivity index (χ1) is 26.5. The van der Waals surface area contributed by atoms with Gasteiger partial charge in [-0.1, -0.05) is 60.1 Å². The SMILES string of the molecule is CC(=O)NCCN(Cc1cccnc1)CC(O)C12CC[C@]3(C)[C@H](CC[C@@H]4[C@@]5(C)CC[C@H](OC(=O)CC(C)(C)C(=O)O)C(C)(C)[C@@H]5CC[C@]43C)C1=C(C(C)C)C(=O)C2. The van der Waals surface area contributed by atoms with Crippen LogP contribution in [0.4, 0.5) is 0 Å². The molecule has 10 heteroatoms. The number of hydrogen-bond donors (Lipinski definition) is 3. The largest absolute Gasteiger partial charge is 0.481 e. The number of pyridine rings is 1. The number of fused-ring (bicyclic) bond motifs is 7. The van der Waals surface area contributed by atoms with Gasteiger partial charge in [0.1, 0.15) is 6.10 Å². The van der Waals surface area contributed by atoms with Crippen LogP contribution in [0.1, 0.15) is 139 Å². The lowest BCUT2D eigenvalue weighted by Crippen LogP contribution is -2.66. The topological polar surface area (TPSA) is 146 Å². The second-order valence-corrected chi connectivity index (χ2v) is 21.2. The van der Waals surface area contributed by atoms with Crippen LogP contribution in [-0.2, 0) is 30.5 Å². The molecule has 0 saturated heterocycles. The highest BCUT2D eigenvalue weighted by molar-refractivity contribution is 6.00. The van der Waals surface area contributed by atoms with Crippen LogP contribution in [0.15, 0.2) is 35.7 Å². The molecule has 9 atom stereocenters. The number of carboxylic acid groups (broad SMARTS) is 1. The first-order valence-electron chi connectivity index (χ1n) is 21.8. The molecule has 57 heavy (non-hydrogen) atoms. The van der Waals surface area contributed by atoms with Gasteiger partial charge in [-0.3, -0.25) is 29.1 Å². The maximum atomic E-state index is 14.3. The summed E-state index contributed by atoms with van der Waals surface area (Å²) in [7, 11) is 0. The molecule has 5 aliphatic rings. The van der Waals surface area contributed by atoms with Gasteiger partial charge in [0.25, 0.3) is 0 Å². The molecular formula is C47H71N3O7. The summed E-state index contributed by atoms with van der Waals surface area (Å²) in [5.74, 6) is -0.265. The van der Waals surface area contributed by atoms with E-state index in [1.807, 2.05) is 18.3 Å². The number of Topliss-reactive ketones (excluding diaryl/α,β-unsaturated/α-hetero) is 1. The molecule has 1 heterocycles. The van der Waals surface area contributed by atoms with Crippen molar-refractivity contribution in [2.75, 3.05) is 19.6 Å². The van der Waals surface area contributed by atoms with Crippen LogP contribution in [0.2, 0.25) is 0 Å². The maximum absolute atomic E-state index is 14.3. The zero-order chi connectivity index (χ0) is 41.9. The molecule has 316 valence electrons. The van der Waals surface area contributed by atoms with Crippen LogP contribution in [0, 0.1) is 56.2 Å². The lowest BCUT2D eigenvalue weighted by atomic mass is 9.33. The number of aliphatic hydroxyl groups is 1. The number of aliphatic hydroxyl groups excluding tert-OH is 1. The van der Waals surface area contributed by atoms with Crippen LogP contribution in [0.5, 0.6) is 0 Å². The van der Waals surface area contributed by atoms with Crippen molar-refractivity contribution in [2.24, 2.45) is 56.2 Å². The van der Waals surface area contributed by atoms with Gasteiger partial charge in [-0.15, -0.1) is 0 Å². The molecule has 1 amide bonds. The first-order valence-corrected chi connectivity index (χ1v) is 21.8. The Morgan fingerprint density at radius 3 is 2.35 bits per heavy atom. The summed E-state index contributed by atoms with van der Waals surface area (Å²) in [5.41, 5.74) is 1.15. The molecule has 1 aromatic heterocycles. The highest BCUT2D eigenvalue weighted by Crippen LogP contribution is 2.77. The second kappa shape index (κ2) is 15.5. The normalized spacial score (nSPS) is 35.2. The quantitative estimate of drug-likeness (QED) is 0.171. The van der Waals surface area contributed by atoms with E-state index < -0.39 is 28.9 Å². The number of allylic oxidation sites excluding steroid dienone is 1. The molecule has 0 aromatic carbocycles. The molecule has 0 bridgehead atoms. The van der Waals surface area contributed by atoms with E-state index in [1.54, 1.807) is 20.0 Å². The Morgan fingerprint density at radius 2 is 1.72 bits per heavy atom. The monoisotopic (exact) mass is 790 g/mol. The van der Waals surface area contributed by atoms with Crippen molar-refractivity contribution < 1.29 is 34.1 Å². The Kier molecular flexibility index (Phi) is 11.8. The number of rotatable bonds is 13. The summed E-state index contributed by atoms with van der Waals surface area (Å²) < 4.78 is 6.18. The van der Waals surface area contributed by atoms with E-state index in [4.69, 9.17) is 4.74 Å². The third-order valence-corrected chi connectivity index (χ3v) is 16.9. The van der Waals surface area contributed by atoms with E-state index in [-0.39, 0.29) is 57.7 Å². The lowest BCUT2D eigenvalue weighted by molar-refractivity contribution is -0.235. The van der Waals surface area contributed by atoms with Crippen LogP contribution < -0.4 is 5.32 Å². The fourth-order valence-corrected chi connectivity index (χ4v) is 13.7. The highest BCUT2D eigenvalue weighted by atomic mass is 16.5. The number of ether oxygens (including phenoxy) is 1. The number of carboxylic acids is 1. The number of esters is 1. The van der Waals surface area contributed by atoms with Crippen molar-refractivity contribution in [3.63, 3.8) is 0 Å². The standard InChI is InChI=1S/C47H71N3O7/c1-29(2)39-33(52)24-47(36(53)28-50(23-22-49-30(3)51)27-31-12-11-21-48-26-31)20-19-45(9)32(40(39)47)13-14-35-44(8)17-16-37(57-38(54)25-42(4,5)41(55)56)43(6,7)34(44)15-18-46(35,45)10/h11-12,21,26,29,32,34-37,53H,13-20,22-25,27-28H2,1-10H3,(H,49,51)(H,55,56)/t32-,34+,35-,36?,37+,44+,45-,46-,47?/m1/s1. The second-order valence-electron chi connectivity index (χ2n) is 21.2. The molecule has 5 aliphatic carbocycles. The van der Waals surface area contributed by atoms with Crippen molar-refractivity contribution >= 4 is 23.6 Å². The summed E-state index contributed by atoms with van der Waals surface area (Å²) in [6, 6.07) is 3.95. The van der Waals surface area contributed by atoms with Gasteiger partial charge in [-0.2, -0.15) is 0 Å². The Labute approximate surface area is 341 Å². The van der Waals surface area contributed by atoms with E-state index in [2.05, 4.69) is 63.7 Å². The minimum absolute atomic E-state index is 0.00875. The van der Waals surface area contributed by atoms with Crippen molar-refractivity contribution in [1.82, 2.24) is 15.2 Å². The molecule has 10 nitrogen and oxygen atoms in total. The predicted molar refractivity (Wildman–Crippen MR) is 220 cm³/mol. The highest BCUT2D eigenvalue weighted by Gasteiger charge is 2.71. The summed E-state index contributed by atoms with van der Waals surface area (Å²) >= 11 is 0. The third kappa shape index (κ3) is 7.42. The van der Waals surface area contributed by atoms with E-state index in [0.717, 1.165) is 62.5 Å². The number of carbonyl (C=O) groups is 4. The first kappa shape index (κ1) is 43.5. The van der Waals surface area contributed by atoms with Gasteiger partial charge >= 0.3 is 11.9 Å². The summed E-state index contributed by atoms with van der Waals surface area (Å²) in [6.07, 6.45) is 10.3. The van der Waals surface area contributed by atoms with E-state index >= 15 is 0 Å². The van der Waals surface area contributed by atoms with Gasteiger partial charge in [0.05, 0.1) is 17.9 Å². The zero-order valence-electron chi connectivity index (χ0n) is 36.5. The van der Waals surface area contributed by atoms with Gasteiger partial charge in [0, 0.05) is 62.7 Å². The van der Waals surface area contributed by atoms with Gasteiger partial charge in [0.15, 0.2) is 5.78 Å². The van der Waals surface area contributed by atoms with Crippen molar-refractivity contribution in [3.8, 4) is 0 Å². The number of aromatic nitrogens is 1. The average Bonchev–Trinajstić information content (AvgIpc) is 3.43. The van der Waals surface area contributed by atoms with Gasteiger partial charge in [-0.05, 0) is 122 Å². The Morgan fingerprint density at radius 1 is 1.00 bits per heavy atom. The summed E-state index contributed by atoms with van der Waals surface area (Å²) in [5, 5.41) is 25.2. The van der Waals surface area contributed by atoms with Gasteiger partial charge < -0.3 is 20.3 Å².